The third-order valence-electron chi connectivity index (χ3n) is 2.91. The summed E-state index contributed by atoms with van der Waals surface area (Å²) in [6, 6.07) is 0. The first-order chi connectivity index (χ1) is 8.02. The lowest BCUT2D eigenvalue weighted by Crippen LogP contribution is -2.44. The first-order valence-corrected chi connectivity index (χ1v) is 6.39. The number of piperidine rings is 1. The average Bonchev–Trinajstić information content (AvgIpc) is 2.33. The molecule has 1 saturated heterocycles. The molecule has 0 aliphatic carbocycles. The van der Waals surface area contributed by atoms with Crippen molar-refractivity contribution in [2.75, 3.05) is 13.1 Å². The molecule has 2 N–H and O–H groups in total. The molecular weight excluding hydrogens is 217 g/mol. The quantitative estimate of drug-likeness (QED) is 0.731. The smallest absolute Gasteiger partial charge is 0.0996 e. The second-order valence-electron chi connectivity index (χ2n) is 4.60. The maximum Gasteiger partial charge on any atom is 0.0996 e. The van der Waals surface area contributed by atoms with Crippen LogP contribution in [0.2, 0.25) is 0 Å². The van der Waals surface area contributed by atoms with Crippen molar-refractivity contribution in [3.63, 3.8) is 0 Å². The normalized spacial score (nSPS) is 30.0. The molecule has 0 aromatic rings. The monoisotopic (exact) mass is 243 g/mol. The molecule has 0 aromatic carbocycles. The van der Waals surface area contributed by atoms with Crippen LogP contribution in [0.3, 0.4) is 0 Å². The Balaban J connectivity index is 0.000000304. The van der Waals surface area contributed by atoms with Crippen molar-refractivity contribution in [3.05, 3.63) is 24.1 Å². The minimum absolute atomic E-state index is 0.0666. The second kappa shape index (κ2) is 9.37. The number of hydrogen-bond acceptors (Lipinski definition) is 2. The van der Waals surface area contributed by atoms with Crippen LogP contribution in [0.15, 0.2) is 24.1 Å². The standard InChI is InChI=1S/C7H11F.C7H15NO/c1-3-5-6-7(8)4-2;1-5-3-8-4-6(2)7(5)9/h3,5-6H,4H2,1-2H3;5-9H,3-4H2,1-2H3/b5-3-,7-6+;. The van der Waals surface area contributed by atoms with Crippen molar-refractivity contribution in [2.45, 2.75) is 40.2 Å². The highest BCUT2D eigenvalue weighted by Crippen LogP contribution is 2.15. The average molecular weight is 243 g/mol. The summed E-state index contributed by atoms with van der Waals surface area (Å²) in [4.78, 5) is 0. The molecule has 0 bridgehead atoms. The summed E-state index contributed by atoms with van der Waals surface area (Å²) in [6.45, 7) is 9.73. The van der Waals surface area contributed by atoms with Crippen LogP contribution in [0.1, 0.15) is 34.1 Å². The Morgan fingerprint density at radius 1 is 1.35 bits per heavy atom. The Hall–Kier alpha value is -0.670. The van der Waals surface area contributed by atoms with Crippen LogP contribution < -0.4 is 5.32 Å². The van der Waals surface area contributed by atoms with E-state index in [4.69, 9.17) is 0 Å². The lowest BCUT2D eigenvalue weighted by molar-refractivity contribution is 0.0434. The van der Waals surface area contributed by atoms with Gasteiger partial charge in [0.15, 0.2) is 0 Å². The predicted molar refractivity (Wildman–Crippen MR) is 71.5 cm³/mol. The fourth-order valence-electron chi connectivity index (χ4n) is 1.66. The lowest BCUT2D eigenvalue weighted by atomic mass is 9.90. The fraction of sp³-hybridized carbons (Fsp3) is 0.714. The van der Waals surface area contributed by atoms with E-state index in [1.54, 1.807) is 19.1 Å². The van der Waals surface area contributed by atoms with Crippen molar-refractivity contribution < 1.29 is 9.50 Å². The summed E-state index contributed by atoms with van der Waals surface area (Å²) in [7, 11) is 0. The van der Waals surface area contributed by atoms with Gasteiger partial charge in [-0.2, -0.15) is 0 Å². The zero-order valence-electron chi connectivity index (χ0n) is 11.4. The highest BCUT2D eigenvalue weighted by Gasteiger charge is 2.24. The number of aliphatic hydroxyl groups is 1. The Bertz CT molecular complexity index is 241. The minimum atomic E-state index is -0.0914. The van der Waals surface area contributed by atoms with Crippen LogP contribution in [0.4, 0.5) is 4.39 Å². The molecule has 1 fully saturated rings. The van der Waals surface area contributed by atoms with Crippen LogP contribution in [0.5, 0.6) is 0 Å². The summed E-state index contributed by atoms with van der Waals surface area (Å²) < 4.78 is 12.1. The molecule has 17 heavy (non-hydrogen) atoms. The molecular formula is C14H26FNO. The molecule has 0 spiro atoms. The Kier molecular flexibility index (Phi) is 9.00. The summed E-state index contributed by atoms with van der Waals surface area (Å²) in [6.07, 6.45) is 5.37. The van der Waals surface area contributed by atoms with Gasteiger partial charge in [0.1, 0.15) is 0 Å². The van der Waals surface area contributed by atoms with Crippen LogP contribution >= 0.6 is 0 Å². The van der Waals surface area contributed by atoms with Gasteiger partial charge in [-0.15, -0.1) is 0 Å². The number of aliphatic hydroxyl groups excluding tert-OH is 1. The van der Waals surface area contributed by atoms with E-state index in [0.717, 1.165) is 13.1 Å². The van der Waals surface area contributed by atoms with Gasteiger partial charge in [-0.3, -0.25) is 0 Å². The van der Waals surface area contributed by atoms with Gasteiger partial charge in [-0.05, 0) is 31.3 Å². The summed E-state index contributed by atoms with van der Waals surface area (Å²) in [5.41, 5.74) is 0. The molecule has 1 aliphatic rings. The fourth-order valence-corrected chi connectivity index (χ4v) is 1.66. The van der Waals surface area contributed by atoms with Crippen molar-refractivity contribution in [3.8, 4) is 0 Å². The number of allylic oxidation sites excluding steroid dienone is 4. The van der Waals surface area contributed by atoms with E-state index in [-0.39, 0.29) is 11.9 Å². The van der Waals surface area contributed by atoms with Crippen molar-refractivity contribution in [2.24, 2.45) is 11.8 Å². The van der Waals surface area contributed by atoms with E-state index in [9.17, 15) is 9.50 Å². The van der Waals surface area contributed by atoms with Gasteiger partial charge in [0.05, 0.1) is 11.9 Å². The van der Waals surface area contributed by atoms with Crippen molar-refractivity contribution >= 4 is 0 Å². The van der Waals surface area contributed by atoms with Gasteiger partial charge in [0, 0.05) is 13.1 Å². The lowest BCUT2D eigenvalue weighted by Gasteiger charge is -2.30. The number of rotatable bonds is 2. The molecule has 0 saturated carbocycles. The molecule has 0 radical (unpaired) electrons. The van der Waals surface area contributed by atoms with Gasteiger partial charge in [0.25, 0.3) is 0 Å². The van der Waals surface area contributed by atoms with E-state index in [1.165, 1.54) is 6.08 Å². The van der Waals surface area contributed by atoms with E-state index in [0.29, 0.717) is 18.3 Å². The number of nitrogens with one attached hydrogen (secondary N) is 1. The van der Waals surface area contributed by atoms with E-state index in [1.807, 2.05) is 6.92 Å². The molecule has 2 nitrogen and oxygen atoms in total. The Morgan fingerprint density at radius 3 is 2.24 bits per heavy atom. The zero-order chi connectivity index (χ0) is 13.3. The molecule has 0 amide bonds. The summed E-state index contributed by atoms with van der Waals surface area (Å²) in [5.74, 6) is 0.783. The second-order valence-corrected chi connectivity index (χ2v) is 4.60. The van der Waals surface area contributed by atoms with Crippen molar-refractivity contribution in [1.82, 2.24) is 5.32 Å². The van der Waals surface area contributed by atoms with Crippen LogP contribution in [0.25, 0.3) is 0 Å². The van der Waals surface area contributed by atoms with Crippen molar-refractivity contribution in [1.29, 1.82) is 0 Å². The first kappa shape index (κ1) is 16.3. The van der Waals surface area contributed by atoms with Gasteiger partial charge in [-0.25, -0.2) is 4.39 Å². The molecule has 100 valence electrons. The van der Waals surface area contributed by atoms with Gasteiger partial charge in [0.2, 0.25) is 0 Å². The molecule has 1 heterocycles. The van der Waals surface area contributed by atoms with Crippen LogP contribution in [-0.4, -0.2) is 24.3 Å². The van der Waals surface area contributed by atoms with Gasteiger partial charge in [-0.1, -0.05) is 32.9 Å². The van der Waals surface area contributed by atoms with Crippen LogP contribution in [0, 0.1) is 11.8 Å². The number of halogens is 1. The van der Waals surface area contributed by atoms with Crippen LogP contribution in [-0.2, 0) is 0 Å². The minimum Gasteiger partial charge on any atom is -0.392 e. The van der Waals surface area contributed by atoms with E-state index >= 15 is 0 Å². The zero-order valence-corrected chi connectivity index (χ0v) is 11.4. The van der Waals surface area contributed by atoms with Gasteiger partial charge < -0.3 is 10.4 Å². The summed E-state index contributed by atoms with van der Waals surface area (Å²) in [5, 5.41) is 12.7. The molecule has 2 atom stereocenters. The van der Waals surface area contributed by atoms with E-state index in [2.05, 4.69) is 19.2 Å². The maximum absolute atomic E-state index is 12.1. The number of hydrogen-bond donors (Lipinski definition) is 2. The maximum atomic E-state index is 12.1. The highest BCUT2D eigenvalue weighted by molar-refractivity contribution is 5.05. The molecule has 1 aliphatic heterocycles. The molecule has 2 unspecified atom stereocenters. The van der Waals surface area contributed by atoms with E-state index < -0.39 is 0 Å². The largest absolute Gasteiger partial charge is 0.392 e. The molecule has 3 heteroatoms. The SMILES string of the molecule is C/C=C\C=C(\F)CC.CC1CNCC(C)C1O. The Morgan fingerprint density at radius 2 is 1.88 bits per heavy atom. The third kappa shape index (κ3) is 7.29. The van der Waals surface area contributed by atoms with Gasteiger partial charge >= 0.3 is 0 Å². The topological polar surface area (TPSA) is 32.3 Å². The Labute approximate surface area is 105 Å². The first-order valence-electron chi connectivity index (χ1n) is 6.39. The third-order valence-corrected chi connectivity index (χ3v) is 2.91. The molecule has 0 aromatic heterocycles. The highest BCUT2D eigenvalue weighted by atomic mass is 19.1. The summed E-state index contributed by atoms with van der Waals surface area (Å²) >= 11 is 0. The predicted octanol–water partition coefficient (Wildman–Crippen LogP) is 3.05. The molecule has 1 rings (SSSR count).